The second-order valence-corrected chi connectivity index (χ2v) is 3.23. The molecule has 50 valence electrons. The largest absolute Gasteiger partial charge is 0.370 e. The van der Waals surface area contributed by atoms with Gasteiger partial charge >= 0.3 is 0 Å². The Morgan fingerprint density at radius 3 is 2.89 bits per heavy atom. The molecule has 4 nitrogen and oxygen atoms in total. The predicted molar refractivity (Wildman–Crippen MR) is 42.9 cm³/mol. The zero-order valence-electron chi connectivity index (χ0n) is 4.50. The van der Waals surface area contributed by atoms with E-state index in [9.17, 15) is 0 Å². The van der Waals surface area contributed by atoms with E-state index >= 15 is 0 Å². The average Bonchev–Trinajstić information content (AvgIpc) is 1.59. The Balaban J connectivity index is 2.67. The van der Waals surface area contributed by atoms with Gasteiger partial charge in [-0.3, -0.25) is 0 Å². The summed E-state index contributed by atoms with van der Waals surface area (Å²) < 4.78 is 0.579. The van der Waals surface area contributed by atoms with Crippen molar-refractivity contribution in [2.24, 2.45) is 16.5 Å². The van der Waals surface area contributed by atoms with Gasteiger partial charge in [-0.25, -0.2) is 4.99 Å². The fourth-order valence-corrected chi connectivity index (χ4v) is 1.39. The number of thiocarbonyl (C=S) groups is 1. The zero-order valence-corrected chi connectivity index (χ0v) is 6.13. The van der Waals surface area contributed by atoms with Crippen LogP contribution in [0.2, 0.25) is 0 Å². The normalized spacial score (nSPS) is 27.0. The number of nitrogens with one attached hydrogen (secondary N) is 1. The molecule has 1 unspecified atom stereocenters. The third-order valence-electron chi connectivity index (χ3n) is 0.724. The minimum Gasteiger partial charge on any atom is -0.370 e. The van der Waals surface area contributed by atoms with Crippen LogP contribution >= 0.6 is 24.0 Å². The highest BCUT2D eigenvalue weighted by Crippen LogP contribution is 2.10. The van der Waals surface area contributed by atoms with Crippen LogP contribution < -0.4 is 16.8 Å². The molecule has 0 bridgehead atoms. The molecule has 0 saturated heterocycles. The van der Waals surface area contributed by atoms with E-state index < -0.39 is 0 Å². The molecule has 1 heterocycles. The third-order valence-corrected chi connectivity index (χ3v) is 1.78. The van der Waals surface area contributed by atoms with E-state index in [1.165, 1.54) is 11.8 Å². The maximum absolute atomic E-state index is 5.38. The topological polar surface area (TPSA) is 76.4 Å². The SMILES string of the molecule is NC1=NC(N)SC(=S)N1. The summed E-state index contributed by atoms with van der Waals surface area (Å²) in [4.78, 5) is 3.77. The van der Waals surface area contributed by atoms with Crippen LogP contribution in [0.1, 0.15) is 0 Å². The van der Waals surface area contributed by atoms with Crippen molar-refractivity contribution in [2.75, 3.05) is 0 Å². The number of thioether (sulfide) groups is 1. The van der Waals surface area contributed by atoms with Gasteiger partial charge in [-0.2, -0.15) is 0 Å². The molecule has 0 amide bonds. The molecule has 6 heteroatoms. The minimum atomic E-state index is -0.334. The molecule has 0 aliphatic carbocycles. The van der Waals surface area contributed by atoms with Gasteiger partial charge in [-0.1, -0.05) is 24.0 Å². The maximum Gasteiger partial charge on any atom is 0.196 e. The molecule has 0 aromatic carbocycles. The van der Waals surface area contributed by atoms with Gasteiger partial charge in [0.2, 0.25) is 0 Å². The molecule has 9 heavy (non-hydrogen) atoms. The highest BCUT2D eigenvalue weighted by atomic mass is 32.2. The monoisotopic (exact) mass is 162 g/mol. The van der Waals surface area contributed by atoms with Crippen LogP contribution in [0.15, 0.2) is 4.99 Å². The van der Waals surface area contributed by atoms with Crippen LogP contribution in [0.25, 0.3) is 0 Å². The van der Waals surface area contributed by atoms with Gasteiger partial charge in [0.05, 0.1) is 0 Å². The molecule has 1 rings (SSSR count). The van der Waals surface area contributed by atoms with E-state index in [-0.39, 0.29) is 5.50 Å². The molecule has 5 N–H and O–H groups in total. The van der Waals surface area contributed by atoms with Crippen molar-refractivity contribution >= 4 is 34.3 Å². The van der Waals surface area contributed by atoms with Crippen molar-refractivity contribution in [1.29, 1.82) is 0 Å². The van der Waals surface area contributed by atoms with Crippen LogP contribution in [-0.4, -0.2) is 15.8 Å². The second-order valence-electron chi connectivity index (χ2n) is 1.44. The molecule has 0 radical (unpaired) electrons. The molecule has 1 aliphatic rings. The van der Waals surface area contributed by atoms with Crippen molar-refractivity contribution in [2.45, 2.75) is 5.50 Å². The Morgan fingerprint density at radius 2 is 2.44 bits per heavy atom. The summed E-state index contributed by atoms with van der Waals surface area (Å²) >= 11 is 6.05. The smallest absolute Gasteiger partial charge is 0.196 e. The number of rotatable bonds is 0. The highest BCUT2D eigenvalue weighted by Gasteiger charge is 2.11. The molecule has 1 atom stereocenters. The minimum absolute atomic E-state index is 0.297. The average molecular weight is 162 g/mol. The van der Waals surface area contributed by atoms with Crippen LogP contribution in [0.4, 0.5) is 0 Å². The van der Waals surface area contributed by atoms with Crippen molar-refractivity contribution in [3.63, 3.8) is 0 Å². The van der Waals surface area contributed by atoms with Crippen molar-refractivity contribution in [3.8, 4) is 0 Å². The Bertz CT molecular complexity index is 165. The van der Waals surface area contributed by atoms with Crippen LogP contribution in [0, 0.1) is 0 Å². The molecule has 1 aliphatic heterocycles. The van der Waals surface area contributed by atoms with E-state index in [1.807, 2.05) is 0 Å². The van der Waals surface area contributed by atoms with Crippen LogP contribution in [-0.2, 0) is 0 Å². The lowest BCUT2D eigenvalue weighted by molar-refractivity contribution is 0.968. The summed E-state index contributed by atoms with van der Waals surface area (Å²) in [6.45, 7) is 0. The number of nitrogens with two attached hydrogens (primary N) is 2. The standard InChI is InChI=1S/C3H6N4S2/c4-1-6-2(5)9-3(8)7-1/h2H,5H2,(H3,4,6,7,8). The molecule has 0 saturated carbocycles. The van der Waals surface area contributed by atoms with Gasteiger partial charge in [-0.15, -0.1) is 0 Å². The molecular formula is C3H6N4S2. The summed E-state index contributed by atoms with van der Waals surface area (Å²) in [7, 11) is 0. The quantitative estimate of drug-likeness (QED) is 0.405. The predicted octanol–water partition coefficient (Wildman–Crippen LogP) is -0.835. The lowest BCUT2D eigenvalue weighted by atomic mass is 10.9. The molecular weight excluding hydrogens is 156 g/mol. The van der Waals surface area contributed by atoms with Gasteiger partial charge in [0, 0.05) is 0 Å². The summed E-state index contributed by atoms with van der Waals surface area (Å²) in [5.74, 6) is 0.297. The fourth-order valence-electron chi connectivity index (χ4n) is 0.439. The third kappa shape index (κ3) is 1.81. The Hall–Kier alpha value is -0.330. The van der Waals surface area contributed by atoms with Crippen LogP contribution in [0.5, 0.6) is 0 Å². The Labute approximate surface area is 62.1 Å². The molecule has 0 aromatic rings. The summed E-state index contributed by atoms with van der Waals surface area (Å²) in [6, 6.07) is 0. The number of guanidine groups is 1. The summed E-state index contributed by atoms with van der Waals surface area (Å²) in [5.41, 5.74) is 10.3. The summed E-state index contributed by atoms with van der Waals surface area (Å²) in [6.07, 6.45) is 0. The van der Waals surface area contributed by atoms with E-state index in [0.717, 1.165) is 0 Å². The maximum atomic E-state index is 5.38. The first-order chi connectivity index (χ1) is 4.18. The van der Waals surface area contributed by atoms with E-state index in [4.69, 9.17) is 23.7 Å². The Morgan fingerprint density at radius 1 is 1.78 bits per heavy atom. The van der Waals surface area contributed by atoms with Gasteiger partial charge in [-0.05, 0) is 0 Å². The van der Waals surface area contributed by atoms with E-state index in [1.54, 1.807) is 0 Å². The lowest BCUT2D eigenvalue weighted by Gasteiger charge is -2.15. The highest BCUT2D eigenvalue weighted by molar-refractivity contribution is 8.23. The lowest BCUT2D eigenvalue weighted by Crippen LogP contribution is -2.41. The number of aliphatic imine (C=N–C) groups is 1. The first kappa shape index (κ1) is 6.79. The second kappa shape index (κ2) is 2.51. The fraction of sp³-hybridized carbons (Fsp3) is 0.333. The number of hydrogen-bond donors (Lipinski definition) is 3. The molecule has 0 aromatic heterocycles. The molecule has 0 fully saturated rings. The summed E-state index contributed by atoms with van der Waals surface area (Å²) in [5, 5.41) is 2.65. The van der Waals surface area contributed by atoms with Crippen molar-refractivity contribution in [1.82, 2.24) is 5.32 Å². The van der Waals surface area contributed by atoms with Crippen molar-refractivity contribution < 1.29 is 0 Å². The van der Waals surface area contributed by atoms with Crippen LogP contribution in [0.3, 0.4) is 0 Å². The first-order valence-electron chi connectivity index (χ1n) is 2.25. The Kier molecular flexibility index (Phi) is 1.89. The van der Waals surface area contributed by atoms with Gasteiger partial charge < -0.3 is 16.8 Å². The number of hydrogen-bond acceptors (Lipinski definition) is 5. The van der Waals surface area contributed by atoms with E-state index in [0.29, 0.717) is 10.3 Å². The van der Waals surface area contributed by atoms with Crippen molar-refractivity contribution in [3.05, 3.63) is 0 Å². The van der Waals surface area contributed by atoms with Gasteiger partial charge in [0.1, 0.15) is 4.32 Å². The molecule has 0 spiro atoms. The first-order valence-corrected chi connectivity index (χ1v) is 3.54. The number of nitrogens with zero attached hydrogens (tertiary/aromatic N) is 1. The van der Waals surface area contributed by atoms with E-state index in [2.05, 4.69) is 10.3 Å². The van der Waals surface area contributed by atoms with Gasteiger partial charge in [0.25, 0.3) is 0 Å². The van der Waals surface area contributed by atoms with Gasteiger partial charge in [0.15, 0.2) is 11.5 Å². The zero-order chi connectivity index (χ0) is 6.85.